The molecular formula is C24H40N4O10. The van der Waals surface area contributed by atoms with Crippen LogP contribution in [0.5, 0.6) is 0 Å². The maximum atomic E-state index is 11.1. The number of ether oxygens (including phenoxy) is 3. The minimum Gasteiger partial charge on any atom is -0.480 e. The topological polar surface area (TPSA) is 206 Å². The van der Waals surface area contributed by atoms with Crippen molar-refractivity contribution < 1.29 is 48.1 Å². The molecule has 0 radical (unpaired) electrons. The zero-order chi connectivity index (χ0) is 30.2. The van der Waals surface area contributed by atoms with E-state index < -0.39 is 29.2 Å². The second kappa shape index (κ2) is 17.7. The predicted molar refractivity (Wildman–Crippen MR) is 135 cm³/mol. The summed E-state index contributed by atoms with van der Waals surface area (Å²) in [6.45, 7) is 11.6. The first-order valence-corrected chi connectivity index (χ1v) is 11.5. The molecule has 0 saturated heterocycles. The summed E-state index contributed by atoms with van der Waals surface area (Å²) >= 11 is 0. The van der Waals surface area contributed by atoms with E-state index in [0.717, 1.165) is 11.3 Å². The number of rotatable bonds is 10. The molecule has 14 heteroatoms. The fraction of sp³-hybridized carbons (Fsp3) is 0.625. The van der Waals surface area contributed by atoms with Crippen LogP contribution >= 0.6 is 0 Å². The van der Waals surface area contributed by atoms with Gasteiger partial charge >= 0.3 is 23.9 Å². The molecule has 0 saturated carbocycles. The van der Waals surface area contributed by atoms with Crippen LogP contribution in [-0.4, -0.2) is 76.7 Å². The minimum atomic E-state index is -0.963. The molecule has 0 amide bonds. The van der Waals surface area contributed by atoms with Gasteiger partial charge in [0.25, 0.3) is 0 Å². The van der Waals surface area contributed by atoms with E-state index in [9.17, 15) is 28.8 Å². The standard InChI is InChI=1S/C10H14N2O4.C8H12O4.C6H14N2O2/c1-6-7(2)12(5-9(13)14)11-8(6)4-10(15)16-3;1-5(6(2)9)7(10)4-8(11)12-3;1-6(2,3)10-5(9)4-8-7/h4-5H2,1-3H3,(H,13,14);5H,4H2,1-3H3;8H,4,7H2,1-3H3. The van der Waals surface area contributed by atoms with Crippen LogP contribution in [0.2, 0.25) is 0 Å². The van der Waals surface area contributed by atoms with Crippen LogP contribution in [0, 0.1) is 19.8 Å². The highest BCUT2D eigenvalue weighted by Crippen LogP contribution is 2.13. The number of hydrazine groups is 1. The molecule has 0 aliphatic carbocycles. The van der Waals surface area contributed by atoms with E-state index in [4.69, 9.17) is 15.7 Å². The Morgan fingerprint density at radius 2 is 1.55 bits per heavy atom. The number of nitrogens with two attached hydrogens (primary N) is 1. The fourth-order valence-electron chi connectivity index (χ4n) is 2.41. The van der Waals surface area contributed by atoms with Gasteiger partial charge in [0, 0.05) is 5.69 Å². The number of carbonyl (C=O) groups excluding carboxylic acids is 5. The van der Waals surface area contributed by atoms with E-state index in [1.54, 1.807) is 34.6 Å². The van der Waals surface area contributed by atoms with Crippen LogP contribution in [0.3, 0.4) is 0 Å². The zero-order valence-electron chi connectivity index (χ0n) is 23.5. The van der Waals surface area contributed by atoms with Crippen molar-refractivity contribution in [3.8, 4) is 0 Å². The number of Topliss-reactive ketones (excluding diaryl/α,β-unsaturated/α-hetero) is 2. The van der Waals surface area contributed by atoms with Crippen molar-refractivity contribution in [2.45, 2.75) is 73.5 Å². The molecule has 1 aromatic rings. The average molecular weight is 545 g/mol. The molecule has 1 atom stereocenters. The lowest BCUT2D eigenvalue weighted by Gasteiger charge is -2.18. The van der Waals surface area contributed by atoms with Crippen LogP contribution in [0.1, 0.15) is 58.0 Å². The predicted octanol–water partition coefficient (Wildman–Crippen LogP) is 0.435. The highest BCUT2D eigenvalue weighted by Gasteiger charge is 2.20. The monoisotopic (exact) mass is 544 g/mol. The second-order valence-electron chi connectivity index (χ2n) is 8.98. The Labute approximate surface area is 222 Å². The van der Waals surface area contributed by atoms with Crippen molar-refractivity contribution in [2.75, 3.05) is 20.8 Å². The SMILES string of the molecule is CC(C)(C)OC(=O)CNN.COC(=O)CC(=O)C(C)C(C)=O.COC(=O)Cc1nn(CC(=O)O)c(C)c1C. The zero-order valence-corrected chi connectivity index (χ0v) is 23.5. The van der Waals surface area contributed by atoms with Crippen LogP contribution in [0.4, 0.5) is 0 Å². The number of nitrogens with zero attached hydrogens (tertiary/aromatic N) is 2. The summed E-state index contributed by atoms with van der Waals surface area (Å²) in [7, 11) is 2.51. The van der Waals surface area contributed by atoms with Gasteiger partial charge in [-0.15, -0.1) is 0 Å². The highest BCUT2D eigenvalue weighted by atomic mass is 16.6. The van der Waals surface area contributed by atoms with Gasteiger partial charge in [-0.2, -0.15) is 5.10 Å². The van der Waals surface area contributed by atoms with E-state index in [1.165, 1.54) is 32.7 Å². The third-order valence-electron chi connectivity index (χ3n) is 4.73. The number of methoxy groups -OCH3 is 2. The number of hydrogen-bond donors (Lipinski definition) is 3. The Morgan fingerprint density at radius 3 is 1.95 bits per heavy atom. The van der Waals surface area contributed by atoms with E-state index in [-0.39, 0.29) is 43.7 Å². The third-order valence-corrected chi connectivity index (χ3v) is 4.73. The lowest BCUT2D eigenvalue weighted by Crippen LogP contribution is -2.34. The molecule has 0 aliphatic rings. The van der Waals surface area contributed by atoms with E-state index >= 15 is 0 Å². The van der Waals surface area contributed by atoms with Crippen LogP contribution in [-0.2, 0) is 55.9 Å². The van der Waals surface area contributed by atoms with Crippen LogP contribution in [0.25, 0.3) is 0 Å². The summed E-state index contributed by atoms with van der Waals surface area (Å²) in [6.07, 6.45) is -0.257. The van der Waals surface area contributed by atoms with Gasteiger partial charge in [0.2, 0.25) is 0 Å². The Morgan fingerprint density at radius 1 is 1.03 bits per heavy atom. The number of esters is 3. The number of aromatic nitrogens is 2. The molecule has 216 valence electrons. The Bertz CT molecular complexity index is 980. The molecule has 0 spiro atoms. The molecule has 0 aliphatic heterocycles. The van der Waals surface area contributed by atoms with Gasteiger partial charge in [-0.05, 0) is 54.0 Å². The lowest BCUT2D eigenvalue weighted by molar-refractivity contribution is -0.153. The molecule has 1 heterocycles. The molecule has 4 N–H and O–H groups in total. The maximum absolute atomic E-state index is 11.1. The van der Waals surface area contributed by atoms with Gasteiger partial charge in [0.1, 0.15) is 30.9 Å². The number of carboxylic acid groups (broad SMARTS) is 1. The van der Waals surface area contributed by atoms with Gasteiger partial charge in [-0.25, -0.2) is 5.43 Å². The number of carboxylic acids is 1. The number of hydrogen-bond acceptors (Lipinski definition) is 12. The molecule has 1 aromatic heterocycles. The first kappa shape index (κ1) is 36.5. The molecule has 0 aromatic carbocycles. The maximum Gasteiger partial charge on any atom is 0.325 e. The summed E-state index contributed by atoms with van der Waals surface area (Å²) in [6, 6.07) is 0. The van der Waals surface area contributed by atoms with Crippen molar-refractivity contribution >= 4 is 35.4 Å². The molecular weight excluding hydrogens is 504 g/mol. The molecule has 0 bridgehead atoms. The van der Waals surface area contributed by atoms with Crippen molar-refractivity contribution in [1.29, 1.82) is 0 Å². The van der Waals surface area contributed by atoms with E-state index in [0.29, 0.717) is 5.69 Å². The van der Waals surface area contributed by atoms with E-state index in [2.05, 4.69) is 20.0 Å². The van der Waals surface area contributed by atoms with Gasteiger partial charge in [0.05, 0.1) is 32.3 Å². The number of ketones is 2. The number of aliphatic carboxylic acids is 1. The Hall–Kier alpha value is -3.65. The number of carbonyl (C=O) groups is 6. The molecule has 1 unspecified atom stereocenters. The van der Waals surface area contributed by atoms with Crippen LogP contribution in [0.15, 0.2) is 0 Å². The van der Waals surface area contributed by atoms with Gasteiger partial charge in [-0.3, -0.25) is 39.3 Å². The highest BCUT2D eigenvalue weighted by molar-refractivity contribution is 6.07. The van der Waals surface area contributed by atoms with Crippen molar-refractivity contribution in [2.24, 2.45) is 11.8 Å². The first-order valence-electron chi connectivity index (χ1n) is 11.5. The summed E-state index contributed by atoms with van der Waals surface area (Å²) in [5.41, 5.74) is 3.93. The average Bonchev–Trinajstić information content (AvgIpc) is 3.05. The summed E-state index contributed by atoms with van der Waals surface area (Å²) in [5.74, 6) is 1.28. The van der Waals surface area contributed by atoms with Crippen LogP contribution < -0.4 is 11.3 Å². The second-order valence-corrected chi connectivity index (χ2v) is 8.98. The molecule has 38 heavy (non-hydrogen) atoms. The minimum absolute atomic E-state index is 0.0528. The molecule has 14 nitrogen and oxygen atoms in total. The Kier molecular flexibility index (Phi) is 17.0. The quantitative estimate of drug-likeness (QED) is 0.120. The van der Waals surface area contributed by atoms with Gasteiger partial charge < -0.3 is 19.3 Å². The summed E-state index contributed by atoms with van der Waals surface area (Å²) in [4.78, 5) is 64.7. The molecule has 0 fully saturated rings. The van der Waals surface area contributed by atoms with Crippen molar-refractivity contribution in [1.82, 2.24) is 15.2 Å². The lowest BCUT2D eigenvalue weighted by atomic mass is 10.0. The normalized spacial score (nSPS) is 11.0. The summed E-state index contributed by atoms with van der Waals surface area (Å²) in [5, 5.41) is 12.7. The Balaban J connectivity index is 0. The van der Waals surface area contributed by atoms with Crippen molar-refractivity contribution in [3.63, 3.8) is 0 Å². The van der Waals surface area contributed by atoms with Crippen molar-refractivity contribution in [3.05, 3.63) is 17.0 Å². The molecule has 1 rings (SSSR count). The first-order chi connectivity index (χ1) is 17.4. The number of nitrogens with one attached hydrogen (secondary N) is 1. The largest absolute Gasteiger partial charge is 0.480 e. The summed E-state index contributed by atoms with van der Waals surface area (Å²) < 4.78 is 15.1. The van der Waals surface area contributed by atoms with E-state index in [1.807, 2.05) is 0 Å². The van der Waals surface area contributed by atoms with Gasteiger partial charge in [-0.1, -0.05) is 0 Å². The smallest absolute Gasteiger partial charge is 0.325 e. The van der Waals surface area contributed by atoms with Gasteiger partial charge in [0.15, 0.2) is 5.78 Å². The fourth-order valence-corrected chi connectivity index (χ4v) is 2.41. The third kappa shape index (κ3) is 16.2.